The number of halogens is 1. The van der Waals surface area contributed by atoms with Crippen molar-refractivity contribution < 1.29 is 14.3 Å². The fourth-order valence-corrected chi connectivity index (χ4v) is 3.69. The molecule has 1 unspecified atom stereocenters. The molecule has 0 saturated carbocycles. The number of methoxy groups -OCH3 is 1. The summed E-state index contributed by atoms with van der Waals surface area (Å²) in [6.45, 7) is 2.94. The summed E-state index contributed by atoms with van der Waals surface area (Å²) in [5, 5.41) is 4.16. The first kappa shape index (κ1) is 21.1. The number of hydrogen-bond donors (Lipinski definition) is 1. The summed E-state index contributed by atoms with van der Waals surface area (Å²) in [5.41, 5.74) is 1.46. The molecule has 152 valence electrons. The van der Waals surface area contributed by atoms with Gasteiger partial charge in [-0.25, -0.2) is 4.90 Å². The second-order valence-electron chi connectivity index (χ2n) is 6.58. The van der Waals surface area contributed by atoms with Crippen LogP contribution in [0.15, 0.2) is 48.5 Å². The van der Waals surface area contributed by atoms with Crippen LogP contribution < -0.4 is 15.0 Å². The van der Waals surface area contributed by atoms with Crippen LogP contribution in [0.3, 0.4) is 0 Å². The molecule has 2 aromatic rings. The van der Waals surface area contributed by atoms with Gasteiger partial charge in [-0.1, -0.05) is 23.7 Å². The monoisotopic (exact) mass is 431 g/mol. The Balaban J connectivity index is 1.86. The zero-order valence-corrected chi connectivity index (χ0v) is 17.8. The van der Waals surface area contributed by atoms with Crippen molar-refractivity contribution in [2.24, 2.45) is 0 Å². The predicted molar refractivity (Wildman–Crippen MR) is 117 cm³/mol. The second kappa shape index (κ2) is 9.24. The van der Waals surface area contributed by atoms with Crippen LogP contribution in [0.4, 0.5) is 5.69 Å². The third kappa shape index (κ3) is 4.68. The molecular weight excluding hydrogens is 410 g/mol. The lowest BCUT2D eigenvalue weighted by Crippen LogP contribution is -2.49. The van der Waals surface area contributed by atoms with Crippen molar-refractivity contribution in [2.75, 3.05) is 18.6 Å². The molecule has 1 atom stereocenters. The van der Waals surface area contributed by atoms with Crippen molar-refractivity contribution in [3.63, 3.8) is 0 Å². The van der Waals surface area contributed by atoms with E-state index < -0.39 is 6.04 Å². The molecule has 1 N–H and O–H groups in total. The van der Waals surface area contributed by atoms with Crippen molar-refractivity contribution in [1.29, 1.82) is 0 Å². The lowest BCUT2D eigenvalue weighted by molar-refractivity contribution is -0.122. The Labute approximate surface area is 180 Å². The number of nitrogens with zero attached hydrogens (tertiary/aromatic N) is 2. The van der Waals surface area contributed by atoms with Gasteiger partial charge in [0.15, 0.2) is 5.11 Å². The highest BCUT2D eigenvalue weighted by Crippen LogP contribution is 2.28. The zero-order valence-electron chi connectivity index (χ0n) is 16.2. The van der Waals surface area contributed by atoms with E-state index in [0.29, 0.717) is 34.7 Å². The van der Waals surface area contributed by atoms with Crippen LogP contribution >= 0.6 is 23.8 Å². The molecule has 0 aromatic heterocycles. The fourth-order valence-electron chi connectivity index (χ4n) is 3.22. The number of amides is 2. The van der Waals surface area contributed by atoms with Gasteiger partial charge in [0.1, 0.15) is 11.8 Å². The predicted octanol–water partition coefficient (Wildman–Crippen LogP) is 3.38. The largest absolute Gasteiger partial charge is 0.497 e. The summed E-state index contributed by atoms with van der Waals surface area (Å²) in [6.07, 6.45) is 0.0595. The van der Waals surface area contributed by atoms with E-state index in [2.05, 4.69) is 5.32 Å². The van der Waals surface area contributed by atoms with E-state index in [4.69, 9.17) is 28.6 Å². The number of anilines is 1. The van der Waals surface area contributed by atoms with Crippen LogP contribution in [0.25, 0.3) is 0 Å². The van der Waals surface area contributed by atoms with E-state index in [0.717, 1.165) is 5.56 Å². The van der Waals surface area contributed by atoms with E-state index in [-0.39, 0.29) is 18.2 Å². The number of ether oxygens (including phenoxy) is 1. The van der Waals surface area contributed by atoms with Gasteiger partial charge < -0.3 is 15.0 Å². The van der Waals surface area contributed by atoms with Crippen LogP contribution in [0.2, 0.25) is 5.02 Å². The Hall–Kier alpha value is -2.64. The molecule has 1 heterocycles. The third-order valence-electron chi connectivity index (χ3n) is 4.68. The Morgan fingerprint density at radius 3 is 2.45 bits per heavy atom. The van der Waals surface area contributed by atoms with Crippen molar-refractivity contribution in [2.45, 2.75) is 25.9 Å². The topological polar surface area (TPSA) is 61.9 Å². The van der Waals surface area contributed by atoms with Gasteiger partial charge >= 0.3 is 0 Å². The Bertz CT molecular complexity index is 902. The molecule has 3 rings (SSSR count). The number of benzene rings is 2. The van der Waals surface area contributed by atoms with Crippen molar-refractivity contribution in [3.8, 4) is 5.75 Å². The summed E-state index contributed by atoms with van der Waals surface area (Å²) >= 11 is 11.5. The minimum atomic E-state index is -0.674. The molecule has 2 amide bonds. The molecule has 1 saturated heterocycles. The number of carbonyl (C=O) groups is 2. The number of carbonyl (C=O) groups excluding carboxylic acids is 2. The normalized spacial score (nSPS) is 16.1. The van der Waals surface area contributed by atoms with Gasteiger partial charge in [-0.05, 0) is 61.1 Å². The number of thiocarbonyl (C=S) groups is 1. The Morgan fingerprint density at radius 1 is 1.21 bits per heavy atom. The highest BCUT2D eigenvalue weighted by Gasteiger charge is 2.43. The molecule has 8 heteroatoms. The van der Waals surface area contributed by atoms with Gasteiger partial charge in [0.25, 0.3) is 5.91 Å². The van der Waals surface area contributed by atoms with Gasteiger partial charge in [0.05, 0.1) is 19.2 Å². The molecule has 0 radical (unpaired) electrons. The maximum absolute atomic E-state index is 13.2. The standard InChI is InChI=1S/C21H22ClN3O3S/c1-3-23-21(29)24(13-14-4-6-15(22)7-5-14)18-12-19(26)25(20(18)27)16-8-10-17(28-2)11-9-16/h4-11,18H,3,12-13H2,1-2H3,(H,23,29). The molecule has 0 spiro atoms. The summed E-state index contributed by atoms with van der Waals surface area (Å²) in [5.74, 6) is 0.0991. The lowest BCUT2D eigenvalue weighted by atomic mass is 10.1. The van der Waals surface area contributed by atoms with Crippen LogP contribution in [0, 0.1) is 0 Å². The van der Waals surface area contributed by atoms with E-state index >= 15 is 0 Å². The van der Waals surface area contributed by atoms with Crippen LogP contribution in [0.5, 0.6) is 5.75 Å². The highest BCUT2D eigenvalue weighted by molar-refractivity contribution is 7.80. The van der Waals surface area contributed by atoms with Gasteiger partial charge in [-0.15, -0.1) is 0 Å². The average molecular weight is 432 g/mol. The molecule has 6 nitrogen and oxygen atoms in total. The lowest BCUT2D eigenvalue weighted by Gasteiger charge is -2.30. The highest BCUT2D eigenvalue weighted by atomic mass is 35.5. The molecular formula is C21H22ClN3O3S. The quantitative estimate of drug-likeness (QED) is 0.559. The number of hydrogen-bond acceptors (Lipinski definition) is 4. The van der Waals surface area contributed by atoms with E-state index in [1.807, 2.05) is 19.1 Å². The minimum absolute atomic E-state index is 0.0595. The summed E-state index contributed by atoms with van der Waals surface area (Å²) < 4.78 is 5.15. The van der Waals surface area contributed by atoms with E-state index in [9.17, 15) is 9.59 Å². The van der Waals surface area contributed by atoms with Gasteiger partial charge in [0, 0.05) is 18.1 Å². The first-order chi connectivity index (χ1) is 13.9. The van der Waals surface area contributed by atoms with Crippen LogP contribution in [0.1, 0.15) is 18.9 Å². The molecule has 1 fully saturated rings. The first-order valence-corrected chi connectivity index (χ1v) is 10.0. The SMILES string of the molecule is CCNC(=S)N(Cc1ccc(Cl)cc1)C1CC(=O)N(c2ccc(OC)cc2)C1=O. The zero-order chi connectivity index (χ0) is 21.0. The van der Waals surface area contributed by atoms with Crippen molar-refractivity contribution in [3.05, 3.63) is 59.1 Å². The maximum atomic E-state index is 13.2. The van der Waals surface area contributed by atoms with Gasteiger partial charge in [-0.3, -0.25) is 9.59 Å². The third-order valence-corrected chi connectivity index (χ3v) is 5.32. The maximum Gasteiger partial charge on any atom is 0.257 e. The minimum Gasteiger partial charge on any atom is -0.497 e. The fraction of sp³-hybridized carbons (Fsp3) is 0.286. The Kier molecular flexibility index (Phi) is 6.71. The number of imide groups is 1. The smallest absolute Gasteiger partial charge is 0.257 e. The van der Waals surface area contributed by atoms with Crippen LogP contribution in [-0.4, -0.2) is 41.5 Å². The molecule has 1 aliphatic rings. The molecule has 1 aliphatic heterocycles. The molecule has 0 aliphatic carbocycles. The summed E-state index contributed by atoms with van der Waals surface area (Å²) in [4.78, 5) is 28.9. The van der Waals surface area contributed by atoms with Crippen molar-refractivity contribution >= 4 is 46.4 Å². The molecule has 0 bridgehead atoms. The average Bonchev–Trinajstić information content (AvgIpc) is 3.01. The first-order valence-electron chi connectivity index (χ1n) is 9.24. The van der Waals surface area contributed by atoms with Crippen LogP contribution in [-0.2, 0) is 16.1 Å². The van der Waals surface area contributed by atoms with Gasteiger partial charge in [-0.2, -0.15) is 0 Å². The summed E-state index contributed by atoms with van der Waals surface area (Å²) in [6, 6.07) is 13.5. The van der Waals surface area contributed by atoms with Gasteiger partial charge in [0.2, 0.25) is 5.91 Å². The number of nitrogens with one attached hydrogen (secondary N) is 1. The molecule has 2 aromatic carbocycles. The summed E-state index contributed by atoms with van der Waals surface area (Å²) in [7, 11) is 1.56. The Morgan fingerprint density at radius 2 is 1.86 bits per heavy atom. The second-order valence-corrected chi connectivity index (χ2v) is 7.40. The van der Waals surface area contributed by atoms with E-state index in [1.54, 1.807) is 48.4 Å². The number of rotatable bonds is 6. The molecule has 29 heavy (non-hydrogen) atoms. The van der Waals surface area contributed by atoms with Crippen molar-refractivity contribution in [1.82, 2.24) is 10.2 Å². The van der Waals surface area contributed by atoms with E-state index in [1.165, 1.54) is 4.90 Å².